The molecule has 0 spiro atoms. The van der Waals surface area contributed by atoms with Crippen LogP contribution in [0.3, 0.4) is 0 Å². The number of nitrogens with two attached hydrogens (primary N) is 1. The minimum Gasteiger partial charge on any atom is -0.368 e. The quantitative estimate of drug-likeness (QED) is 0.709. The van der Waals surface area contributed by atoms with Gasteiger partial charge in [-0.3, -0.25) is 4.79 Å². The van der Waals surface area contributed by atoms with Crippen LogP contribution in [-0.4, -0.2) is 29.0 Å². The minimum absolute atomic E-state index is 0.272. The number of rotatable bonds is 3. The maximum absolute atomic E-state index is 11.0. The van der Waals surface area contributed by atoms with E-state index in [0.717, 1.165) is 12.8 Å². The van der Waals surface area contributed by atoms with Crippen molar-refractivity contribution in [1.29, 1.82) is 0 Å². The van der Waals surface area contributed by atoms with Crippen LogP contribution in [0.15, 0.2) is 0 Å². The van der Waals surface area contributed by atoms with Crippen LogP contribution in [0.2, 0.25) is 0 Å². The van der Waals surface area contributed by atoms with Crippen molar-refractivity contribution >= 4 is 17.7 Å². The number of hydrogen-bond acceptors (Lipinski definition) is 3. The number of primary amides is 1. The zero-order valence-corrected chi connectivity index (χ0v) is 9.12. The molecule has 0 radical (unpaired) electrons. The third-order valence-corrected chi connectivity index (χ3v) is 3.45. The average Bonchev–Trinajstić information content (AvgIpc) is 2.05. The van der Waals surface area contributed by atoms with Gasteiger partial charge in [0.15, 0.2) is 0 Å². The highest BCUT2D eigenvalue weighted by atomic mass is 32.2. The van der Waals surface area contributed by atoms with Gasteiger partial charge in [0.25, 0.3) is 0 Å². The fourth-order valence-corrected chi connectivity index (χ4v) is 2.53. The van der Waals surface area contributed by atoms with Gasteiger partial charge in [-0.2, -0.15) is 11.8 Å². The van der Waals surface area contributed by atoms with E-state index in [4.69, 9.17) is 5.73 Å². The monoisotopic (exact) mass is 202 g/mol. The van der Waals surface area contributed by atoms with E-state index in [2.05, 4.69) is 5.32 Å². The van der Waals surface area contributed by atoms with E-state index < -0.39 is 5.54 Å². The molecule has 1 heterocycles. The van der Waals surface area contributed by atoms with Crippen molar-refractivity contribution < 1.29 is 4.79 Å². The first-order valence-corrected chi connectivity index (χ1v) is 5.83. The summed E-state index contributed by atoms with van der Waals surface area (Å²) in [5.74, 6) is 2.10. The second-order valence-corrected chi connectivity index (χ2v) is 5.24. The lowest BCUT2D eigenvalue weighted by atomic mass is 10.0. The molecule has 0 aromatic heterocycles. The van der Waals surface area contributed by atoms with Crippen LogP contribution in [0.25, 0.3) is 0 Å². The lowest BCUT2D eigenvalue weighted by Crippen LogP contribution is -2.55. The lowest BCUT2D eigenvalue weighted by Gasteiger charge is -2.31. The Morgan fingerprint density at radius 1 is 1.46 bits per heavy atom. The average molecular weight is 202 g/mol. The van der Waals surface area contributed by atoms with Gasteiger partial charge in [0.2, 0.25) is 5.91 Å². The first-order chi connectivity index (χ1) is 6.02. The molecule has 1 amide bonds. The molecule has 1 saturated heterocycles. The minimum atomic E-state index is -0.563. The Bertz CT molecular complexity index is 188. The highest BCUT2D eigenvalue weighted by Crippen LogP contribution is 2.19. The van der Waals surface area contributed by atoms with E-state index in [1.54, 1.807) is 0 Å². The molecule has 1 aliphatic rings. The Hall–Kier alpha value is -0.220. The number of nitrogens with one attached hydrogen (secondary N) is 1. The highest BCUT2D eigenvalue weighted by Gasteiger charge is 2.28. The molecule has 3 nitrogen and oxygen atoms in total. The van der Waals surface area contributed by atoms with Gasteiger partial charge in [-0.15, -0.1) is 0 Å². The molecule has 76 valence electrons. The van der Waals surface area contributed by atoms with E-state index in [1.165, 1.54) is 11.5 Å². The third kappa shape index (κ3) is 3.19. The van der Waals surface area contributed by atoms with E-state index in [9.17, 15) is 4.79 Å². The fraction of sp³-hybridized carbons (Fsp3) is 0.889. The summed E-state index contributed by atoms with van der Waals surface area (Å²) in [6, 6.07) is 0.462. The predicted octanol–water partition coefficient (Wildman–Crippen LogP) is 0.735. The molecule has 1 fully saturated rings. The second kappa shape index (κ2) is 4.33. The zero-order chi connectivity index (χ0) is 9.90. The van der Waals surface area contributed by atoms with Crippen molar-refractivity contribution in [2.45, 2.75) is 38.3 Å². The van der Waals surface area contributed by atoms with E-state index in [-0.39, 0.29) is 5.91 Å². The van der Waals surface area contributed by atoms with Crippen molar-refractivity contribution in [2.75, 3.05) is 11.5 Å². The van der Waals surface area contributed by atoms with Crippen molar-refractivity contribution in [3.63, 3.8) is 0 Å². The van der Waals surface area contributed by atoms with Gasteiger partial charge in [0.1, 0.15) is 0 Å². The summed E-state index contributed by atoms with van der Waals surface area (Å²) in [7, 11) is 0. The fourth-order valence-electron chi connectivity index (χ4n) is 1.42. The molecular weight excluding hydrogens is 184 g/mol. The first kappa shape index (κ1) is 10.9. The standard InChI is InChI=1S/C9H18N2OS/c1-9(2,8(10)12)11-7-3-5-13-6-4-7/h7,11H,3-6H2,1-2H3,(H2,10,12). The van der Waals surface area contributed by atoms with Gasteiger partial charge in [-0.05, 0) is 38.2 Å². The summed E-state index contributed by atoms with van der Waals surface area (Å²) >= 11 is 1.98. The van der Waals surface area contributed by atoms with Crippen LogP contribution >= 0.6 is 11.8 Å². The van der Waals surface area contributed by atoms with Gasteiger partial charge in [0.05, 0.1) is 5.54 Å². The van der Waals surface area contributed by atoms with Gasteiger partial charge in [0, 0.05) is 6.04 Å². The van der Waals surface area contributed by atoms with Crippen LogP contribution < -0.4 is 11.1 Å². The van der Waals surface area contributed by atoms with Gasteiger partial charge < -0.3 is 11.1 Å². The molecule has 0 atom stereocenters. The molecule has 0 aromatic rings. The summed E-state index contributed by atoms with van der Waals surface area (Å²) in [6.07, 6.45) is 2.28. The molecule has 4 heteroatoms. The van der Waals surface area contributed by atoms with E-state index >= 15 is 0 Å². The van der Waals surface area contributed by atoms with Crippen molar-refractivity contribution in [2.24, 2.45) is 5.73 Å². The largest absolute Gasteiger partial charge is 0.368 e. The first-order valence-electron chi connectivity index (χ1n) is 4.68. The van der Waals surface area contributed by atoms with Crippen LogP contribution in [0.5, 0.6) is 0 Å². The summed E-state index contributed by atoms with van der Waals surface area (Å²) in [5.41, 5.74) is 4.72. The van der Waals surface area contributed by atoms with Gasteiger partial charge in [-0.1, -0.05) is 0 Å². The predicted molar refractivity (Wildman–Crippen MR) is 56.8 cm³/mol. The maximum atomic E-state index is 11.0. The molecule has 3 N–H and O–H groups in total. The Labute approximate surface area is 83.8 Å². The molecule has 1 aliphatic heterocycles. The van der Waals surface area contributed by atoms with Crippen molar-refractivity contribution in [3.8, 4) is 0 Å². The molecule has 0 saturated carbocycles. The van der Waals surface area contributed by atoms with Gasteiger partial charge in [-0.25, -0.2) is 0 Å². The summed E-state index contributed by atoms with van der Waals surface area (Å²) in [5, 5.41) is 3.31. The summed E-state index contributed by atoms with van der Waals surface area (Å²) in [6.45, 7) is 3.69. The summed E-state index contributed by atoms with van der Waals surface area (Å²) in [4.78, 5) is 11.0. The number of carbonyl (C=O) groups is 1. The molecular formula is C9H18N2OS. The normalized spacial score (nSPS) is 20.2. The highest BCUT2D eigenvalue weighted by molar-refractivity contribution is 7.99. The van der Waals surface area contributed by atoms with E-state index in [0.29, 0.717) is 6.04 Å². The Balaban J connectivity index is 2.41. The Kier molecular flexibility index (Phi) is 3.62. The topological polar surface area (TPSA) is 55.1 Å². The number of thioether (sulfide) groups is 1. The van der Waals surface area contributed by atoms with E-state index in [1.807, 2.05) is 25.6 Å². The summed E-state index contributed by atoms with van der Waals surface area (Å²) < 4.78 is 0. The van der Waals surface area contributed by atoms with Crippen LogP contribution in [-0.2, 0) is 4.79 Å². The molecule has 0 bridgehead atoms. The lowest BCUT2D eigenvalue weighted by molar-refractivity contribution is -0.123. The zero-order valence-electron chi connectivity index (χ0n) is 8.30. The Morgan fingerprint density at radius 2 is 2.00 bits per heavy atom. The SMILES string of the molecule is CC(C)(NC1CCSCC1)C(N)=O. The number of carbonyl (C=O) groups excluding carboxylic acids is 1. The van der Waals surface area contributed by atoms with Crippen LogP contribution in [0, 0.1) is 0 Å². The second-order valence-electron chi connectivity index (χ2n) is 4.02. The van der Waals surface area contributed by atoms with Crippen LogP contribution in [0.4, 0.5) is 0 Å². The number of hydrogen-bond donors (Lipinski definition) is 2. The number of amides is 1. The molecule has 13 heavy (non-hydrogen) atoms. The molecule has 0 aliphatic carbocycles. The maximum Gasteiger partial charge on any atom is 0.237 e. The smallest absolute Gasteiger partial charge is 0.237 e. The van der Waals surface area contributed by atoms with Crippen LogP contribution in [0.1, 0.15) is 26.7 Å². The van der Waals surface area contributed by atoms with Crippen molar-refractivity contribution in [1.82, 2.24) is 5.32 Å². The Morgan fingerprint density at radius 3 is 2.46 bits per heavy atom. The molecule has 0 unspecified atom stereocenters. The molecule has 0 aromatic carbocycles. The molecule has 1 rings (SSSR count). The van der Waals surface area contributed by atoms with Gasteiger partial charge >= 0.3 is 0 Å². The van der Waals surface area contributed by atoms with Crippen molar-refractivity contribution in [3.05, 3.63) is 0 Å². The third-order valence-electron chi connectivity index (χ3n) is 2.40.